The van der Waals surface area contributed by atoms with E-state index in [-0.39, 0.29) is 11.2 Å². The average Bonchev–Trinajstić information content (AvgIpc) is 2.21. The number of nitriles is 1. The first-order valence-electron chi connectivity index (χ1n) is 4.75. The van der Waals surface area contributed by atoms with Crippen LogP contribution >= 0.6 is 0 Å². The lowest BCUT2D eigenvalue weighted by atomic mass is 10.00. The number of H-pyrrole nitrogens is 1. The van der Waals surface area contributed by atoms with Crippen LogP contribution in [0.4, 0.5) is 5.69 Å². The van der Waals surface area contributed by atoms with E-state index in [1.54, 1.807) is 0 Å². The van der Waals surface area contributed by atoms with Crippen molar-refractivity contribution in [2.75, 3.05) is 19.3 Å². The van der Waals surface area contributed by atoms with Gasteiger partial charge in [-0.15, -0.1) is 0 Å². The number of rotatable bonds is 0. The Kier molecular flexibility index (Phi) is 2.21. The van der Waals surface area contributed by atoms with Crippen LogP contribution in [-0.4, -0.2) is 23.5 Å². The van der Waals surface area contributed by atoms with Crippen LogP contribution in [-0.2, 0) is 13.0 Å². The van der Waals surface area contributed by atoms with E-state index in [0.29, 0.717) is 12.1 Å². The van der Waals surface area contributed by atoms with Gasteiger partial charge in [0.2, 0.25) is 0 Å². The molecule has 0 aliphatic carbocycles. The van der Waals surface area contributed by atoms with Gasteiger partial charge >= 0.3 is 0 Å². The predicted octanol–water partition coefficient (Wildman–Crippen LogP) is -0.183. The van der Waals surface area contributed by atoms with E-state index in [1.165, 1.54) is 0 Å². The molecule has 1 aromatic rings. The largest absolute Gasteiger partial charge is 0.393 e. The van der Waals surface area contributed by atoms with E-state index >= 15 is 0 Å². The van der Waals surface area contributed by atoms with E-state index in [9.17, 15) is 4.79 Å². The number of nitrogens with two attached hydrogens (primary N) is 1. The zero-order chi connectivity index (χ0) is 11.0. The Balaban J connectivity index is 2.68. The third-order valence-electron chi connectivity index (χ3n) is 2.73. The Hall–Kier alpha value is -1.80. The molecule has 1 aliphatic heterocycles. The number of hydrogen-bond acceptors (Lipinski definition) is 4. The SMILES string of the molecule is CN1CCc2[nH]c(=O)c(N)c(C#N)c2C1. The molecule has 2 rings (SSSR count). The number of pyridine rings is 1. The van der Waals surface area contributed by atoms with Gasteiger partial charge in [-0.1, -0.05) is 0 Å². The fourth-order valence-electron chi connectivity index (χ4n) is 1.87. The molecule has 1 aromatic heterocycles. The summed E-state index contributed by atoms with van der Waals surface area (Å²) in [5, 5.41) is 8.98. The van der Waals surface area contributed by atoms with Crippen LogP contribution in [0.5, 0.6) is 0 Å². The third kappa shape index (κ3) is 1.49. The maximum atomic E-state index is 11.4. The zero-order valence-electron chi connectivity index (χ0n) is 8.50. The Morgan fingerprint density at radius 2 is 2.33 bits per heavy atom. The van der Waals surface area contributed by atoms with E-state index in [2.05, 4.69) is 9.88 Å². The molecule has 0 spiro atoms. The molecule has 0 amide bonds. The van der Waals surface area contributed by atoms with Crippen molar-refractivity contribution >= 4 is 5.69 Å². The molecule has 15 heavy (non-hydrogen) atoms. The minimum atomic E-state index is -0.352. The molecular weight excluding hydrogens is 192 g/mol. The molecule has 0 unspecified atom stereocenters. The molecule has 1 aliphatic rings. The number of fused-ring (bicyclic) bond motifs is 1. The fourth-order valence-corrected chi connectivity index (χ4v) is 1.87. The highest BCUT2D eigenvalue weighted by molar-refractivity contribution is 5.58. The second-order valence-electron chi connectivity index (χ2n) is 3.80. The summed E-state index contributed by atoms with van der Waals surface area (Å²) < 4.78 is 0. The van der Waals surface area contributed by atoms with Crippen molar-refractivity contribution in [3.05, 3.63) is 27.2 Å². The summed E-state index contributed by atoms with van der Waals surface area (Å²) >= 11 is 0. The smallest absolute Gasteiger partial charge is 0.272 e. The summed E-state index contributed by atoms with van der Waals surface area (Å²) in [5.41, 5.74) is 7.31. The van der Waals surface area contributed by atoms with Crippen LogP contribution in [0, 0.1) is 11.3 Å². The van der Waals surface area contributed by atoms with Crippen LogP contribution in [0.15, 0.2) is 4.79 Å². The topological polar surface area (TPSA) is 85.9 Å². The minimum absolute atomic E-state index is 0.0338. The second kappa shape index (κ2) is 3.41. The maximum absolute atomic E-state index is 11.4. The van der Waals surface area contributed by atoms with Gasteiger partial charge in [-0.2, -0.15) is 5.26 Å². The Bertz CT molecular complexity index is 497. The van der Waals surface area contributed by atoms with Crippen molar-refractivity contribution in [3.8, 4) is 6.07 Å². The van der Waals surface area contributed by atoms with Crippen LogP contribution < -0.4 is 11.3 Å². The fraction of sp³-hybridized carbons (Fsp3) is 0.400. The summed E-state index contributed by atoms with van der Waals surface area (Å²) in [7, 11) is 1.98. The van der Waals surface area contributed by atoms with Gasteiger partial charge in [0.1, 0.15) is 11.8 Å². The monoisotopic (exact) mass is 204 g/mol. The van der Waals surface area contributed by atoms with Gasteiger partial charge in [0.05, 0.1) is 5.56 Å². The van der Waals surface area contributed by atoms with E-state index in [1.807, 2.05) is 13.1 Å². The van der Waals surface area contributed by atoms with Crippen molar-refractivity contribution in [1.82, 2.24) is 9.88 Å². The quantitative estimate of drug-likeness (QED) is 0.613. The zero-order valence-corrected chi connectivity index (χ0v) is 8.50. The van der Waals surface area contributed by atoms with Gasteiger partial charge in [0, 0.05) is 30.8 Å². The lowest BCUT2D eigenvalue weighted by Gasteiger charge is -2.25. The van der Waals surface area contributed by atoms with E-state index in [0.717, 1.165) is 24.2 Å². The van der Waals surface area contributed by atoms with Crippen LogP contribution in [0.1, 0.15) is 16.8 Å². The van der Waals surface area contributed by atoms with Crippen molar-refractivity contribution < 1.29 is 0 Å². The number of aromatic nitrogens is 1. The van der Waals surface area contributed by atoms with Crippen molar-refractivity contribution in [2.45, 2.75) is 13.0 Å². The van der Waals surface area contributed by atoms with Gasteiger partial charge in [-0.25, -0.2) is 0 Å². The molecule has 0 bridgehead atoms. The summed E-state index contributed by atoms with van der Waals surface area (Å²) in [6.07, 6.45) is 0.760. The number of hydrogen-bond donors (Lipinski definition) is 2. The first-order chi connectivity index (χ1) is 7.13. The van der Waals surface area contributed by atoms with Crippen LogP contribution in [0.25, 0.3) is 0 Å². The van der Waals surface area contributed by atoms with Crippen molar-refractivity contribution in [2.24, 2.45) is 0 Å². The Morgan fingerprint density at radius 3 is 3.00 bits per heavy atom. The molecule has 2 heterocycles. The molecular formula is C10H12N4O. The number of nitrogens with one attached hydrogen (secondary N) is 1. The van der Waals surface area contributed by atoms with E-state index < -0.39 is 0 Å². The average molecular weight is 204 g/mol. The van der Waals surface area contributed by atoms with Crippen LogP contribution in [0.2, 0.25) is 0 Å². The Labute approximate surface area is 87.1 Å². The first kappa shape index (κ1) is 9.74. The molecule has 5 heteroatoms. The van der Waals surface area contributed by atoms with Crippen molar-refractivity contribution in [3.63, 3.8) is 0 Å². The van der Waals surface area contributed by atoms with Gasteiger partial charge in [-0.3, -0.25) is 4.79 Å². The van der Waals surface area contributed by atoms with Gasteiger partial charge < -0.3 is 15.6 Å². The van der Waals surface area contributed by atoms with Crippen molar-refractivity contribution in [1.29, 1.82) is 5.26 Å². The number of nitrogen functional groups attached to an aromatic ring is 1. The lowest BCUT2D eigenvalue weighted by Crippen LogP contribution is -2.31. The molecule has 3 N–H and O–H groups in total. The second-order valence-corrected chi connectivity index (χ2v) is 3.80. The summed E-state index contributed by atoms with van der Waals surface area (Å²) in [5.74, 6) is 0. The molecule has 0 atom stereocenters. The Morgan fingerprint density at radius 1 is 1.60 bits per heavy atom. The normalized spacial score (nSPS) is 15.7. The molecule has 0 fully saturated rings. The summed E-state index contributed by atoms with van der Waals surface area (Å²) in [6, 6.07) is 2.01. The summed E-state index contributed by atoms with van der Waals surface area (Å²) in [6.45, 7) is 1.55. The standard InChI is InChI=1S/C10H12N4O/c1-14-3-2-8-7(5-14)6(4-11)9(12)10(15)13-8/h2-3,5,12H2,1H3,(H,13,15). The molecule has 0 saturated heterocycles. The summed E-state index contributed by atoms with van der Waals surface area (Å²) in [4.78, 5) is 16.2. The number of aromatic amines is 1. The maximum Gasteiger partial charge on any atom is 0.272 e. The molecule has 78 valence electrons. The molecule has 0 aromatic carbocycles. The highest BCUT2D eigenvalue weighted by Gasteiger charge is 2.20. The molecule has 5 nitrogen and oxygen atoms in total. The molecule has 0 saturated carbocycles. The highest BCUT2D eigenvalue weighted by Crippen LogP contribution is 2.21. The van der Waals surface area contributed by atoms with Crippen LogP contribution in [0.3, 0.4) is 0 Å². The number of likely N-dealkylation sites (N-methyl/N-ethyl adjacent to an activating group) is 1. The minimum Gasteiger partial charge on any atom is -0.393 e. The first-order valence-corrected chi connectivity index (χ1v) is 4.75. The third-order valence-corrected chi connectivity index (χ3v) is 2.73. The highest BCUT2D eigenvalue weighted by atomic mass is 16.1. The van der Waals surface area contributed by atoms with Gasteiger partial charge in [0.15, 0.2) is 0 Å². The van der Waals surface area contributed by atoms with Gasteiger partial charge in [0.25, 0.3) is 5.56 Å². The predicted molar refractivity (Wildman–Crippen MR) is 56.2 cm³/mol. The lowest BCUT2D eigenvalue weighted by molar-refractivity contribution is 0.309. The number of anilines is 1. The van der Waals surface area contributed by atoms with Gasteiger partial charge in [-0.05, 0) is 7.05 Å². The number of nitrogens with zero attached hydrogens (tertiary/aromatic N) is 2. The van der Waals surface area contributed by atoms with E-state index in [4.69, 9.17) is 11.0 Å². The molecule has 0 radical (unpaired) electrons.